The largest absolute Gasteiger partial charge is 0.355 e. The summed E-state index contributed by atoms with van der Waals surface area (Å²) in [5.74, 6) is 0.873. The van der Waals surface area contributed by atoms with E-state index in [4.69, 9.17) is 17.3 Å². The van der Waals surface area contributed by atoms with Crippen LogP contribution in [0.4, 0.5) is 5.82 Å². The molecule has 0 radical (unpaired) electrons. The van der Waals surface area contributed by atoms with Gasteiger partial charge in [0.25, 0.3) is 5.56 Å². The molecule has 9 heteroatoms. The first kappa shape index (κ1) is 23.1. The van der Waals surface area contributed by atoms with Crippen molar-refractivity contribution in [1.82, 2.24) is 14.5 Å². The van der Waals surface area contributed by atoms with Gasteiger partial charge >= 0.3 is 0 Å². The van der Waals surface area contributed by atoms with Crippen LogP contribution in [-0.2, 0) is 13.5 Å². The fourth-order valence-corrected chi connectivity index (χ4v) is 5.84. The van der Waals surface area contributed by atoms with Crippen LogP contribution in [0.1, 0.15) is 30.0 Å². The molecule has 1 atom stereocenters. The third-order valence-corrected chi connectivity index (χ3v) is 8.14. The molecule has 0 saturated carbocycles. The Morgan fingerprint density at radius 3 is 2.59 bits per heavy atom. The van der Waals surface area contributed by atoms with Crippen molar-refractivity contribution in [3.8, 4) is 0 Å². The molecule has 0 bridgehead atoms. The van der Waals surface area contributed by atoms with Crippen LogP contribution in [-0.4, -0.2) is 27.6 Å². The number of rotatable bonds is 3. The van der Waals surface area contributed by atoms with E-state index in [2.05, 4.69) is 39.1 Å². The zero-order valence-electron chi connectivity index (χ0n) is 17.7. The predicted molar refractivity (Wildman–Crippen MR) is 131 cm³/mol. The quantitative estimate of drug-likeness (QED) is 0.592. The number of hydrogen-bond acceptors (Lipinski definition) is 6. The predicted octanol–water partition coefficient (Wildman–Crippen LogP) is 4.24. The van der Waals surface area contributed by atoms with Gasteiger partial charge in [-0.2, -0.15) is 0 Å². The molecule has 32 heavy (non-hydrogen) atoms. The highest BCUT2D eigenvalue weighted by molar-refractivity contribution is 7.99. The minimum absolute atomic E-state index is 0. The van der Waals surface area contributed by atoms with Crippen molar-refractivity contribution in [2.24, 2.45) is 18.2 Å². The summed E-state index contributed by atoms with van der Waals surface area (Å²) < 4.78 is 1.46. The van der Waals surface area contributed by atoms with Crippen molar-refractivity contribution in [1.29, 1.82) is 0 Å². The van der Waals surface area contributed by atoms with Gasteiger partial charge in [-0.05, 0) is 41.9 Å². The lowest BCUT2D eigenvalue weighted by Gasteiger charge is -2.42. The summed E-state index contributed by atoms with van der Waals surface area (Å²) in [7, 11) is 1.68. The van der Waals surface area contributed by atoms with E-state index >= 15 is 0 Å². The molecule has 6 nitrogen and oxygen atoms in total. The molecule has 5 rings (SSSR count). The fourth-order valence-electron chi connectivity index (χ4n) is 4.78. The van der Waals surface area contributed by atoms with E-state index in [1.165, 1.54) is 27.5 Å². The third kappa shape index (κ3) is 4.03. The van der Waals surface area contributed by atoms with E-state index in [0.717, 1.165) is 38.2 Å². The number of halogens is 2. The van der Waals surface area contributed by atoms with Gasteiger partial charge in [0.05, 0.1) is 12.4 Å². The maximum Gasteiger partial charge on any atom is 0.270 e. The number of nitrogens with two attached hydrogens (primary N) is 1. The lowest BCUT2D eigenvalue weighted by molar-refractivity contribution is 0.187. The molecule has 2 aliphatic rings. The van der Waals surface area contributed by atoms with E-state index in [0.29, 0.717) is 9.92 Å². The van der Waals surface area contributed by atoms with Gasteiger partial charge < -0.3 is 15.2 Å². The number of anilines is 1. The van der Waals surface area contributed by atoms with E-state index in [1.807, 2.05) is 6.07 Å². The number of nitrogens with zero attached hydrogens (tertiary/aromatic N) is 4. The molecule has 1 aromatic carbocycles. The number of piperidine rings is 1. The van der Waals surface area contributed by atoms with Crippen molar-refractivity contribution in [3.05, 3.63) is 75.4 Å². The van der Waals surface area contributed by atoms with Gasteiger partial charge in [0.15, 0.2) is 0 Å². The lowest BCUT2D eigenvalue weighted by Crippen LogP contribution is -2.44. The summed E-state index contributed by atoms with van der Waals surface area (Å²) in [6, 6.07) is 10.5. The zero-order chi connectivity index (χ0) is 21.6. The molecular weight excluding hydrogens is 465 g/mol. The molecule has 1 fully saturated rings. The van der Waals surface area contributed by atoms with Crippen LogP contribution >= 0.6 is 35.8 Å². The first-order valence-corrected chi connectivity index (χ1v) is 11.6. The highest BCUT2D eigenvalue weighted by atomic mass is 35.5. The molecule has 3 heterocycles. The van der Waals surface area contributed by atoms with Crippen molar-refractivity contribution in [2.45, 2.75) is 35.2 Å². The van der Waals surface area contributed by atoms with Gasteiger partial charge in [-0.1, -0.05) is 47.6 Å². The zero-order valence-corrected chi connectivity index (χ0v) is 20.1. The van der Waals surface area contributed by atoms with Crippen molar-refractivity contribution < 1.29 is 0 Å². The Kier molecular flexibility index (Phi) is 6.54. The van der Waals surface area contributed by atoms with Gasteiger partial charge in [-0.15, -0.1) is 12.4 Å². The van der Waals surface area contributed by atoms with E-state index in [-0.39, 0.29) is 34.4 Å². The molecule has 1 aliphatic heterocycles. The average Bonchev–Trinajstić information content (AvgIpc) is 3.07. The second-order valence-corrected chi connectivity index (χ2v) is 9.87. The third-order valence-electron chi connectivity index (χ3n) is 6.68. The number of aromatic nitrogens is 3. The van der Waals surface area contributed by atoms with Crippen molar-refractivity contribution in [2.75, 3.05) is 18.0 Å². The molecule has 168 valence electrons. The molecule has 2 aromatic heterocycles. The molecular formula is C23H25Cl2N5OS. The standard InChI is InChI=1S/C23H24ClN5OS.ClH/c1-28-9-6-17(20(24)22(28)30)31-19-14-26-18(13-27-19)29-10-7-23(8-11-29)12-15-4-2-3-5-16(15)21(23)25;/h2-6,9,13-14,21H,7-8,10-12,25H2,1H3;1H/t21-;/m1./s1. The second kappa shape index (κ2) is 9.06. The monoisotopic (exact) mass is 489 g/mol. The molecule has 1 spiro atoms. The summed E-state index contributed by atoms with van der Waals surface area (Å²) in [6.07, 6.45) is 8.41. The Balaban J connectivity index is 0.00000245. The average molecular weight is 490 g/mol. The van der Waals surface area contributed by atoms with Gasteiger partial charge in [0.1, 0.15) is 15.9 Å². The van der Waals surface area contributed by atoms with Crippen LogP contribution in [0, 0.1) is 5.41 Å². The molecule has 0 unspecified atom stereocenters. The second-order valence-electron chi connectivity index (χ2n) is 8.43. The number of pyridine rings is 1. The summed E-state index contributed by atoms with van der Waals surface area (Å²) in [4.78, 5) is 24.1. The molecule has 1 aliphatic carbocycles. The highest BCUT2D eigenvalue weighted by Gasteiger charge is 2.45. The Hall–Kier alpha value is -2.06. The summed E-state index contributed by atoms with van der Waals surface area (Å²) in [6.45, 7) is 1.84. The first-order valence-electron chi connectivity index (χ1n) is 10.4. The van der Waals surface area contributed by atoms with Gasteiger partial charge in [-0.25, -0.2) is 9.97 Å². The lowest BCUT2D eigenvalue weighted by atomic mass is 9.73. The highest BCUT2D eigenvalue weighted by Crippen LogP contribution is 2.50. The number of benzene rings is 1. The maximum atomic E-state index is 12.0. The van der Waals surface area contributed by atoms with Crippen LogP contribution in [0.15, 0.2) is 63.6 Å². The summed E-state index contributed by atoms with van der Waals surface area (Å²) in [5.41, 5.74) is 9.33. The molecule has 0 amide bonds. The van der Waals surface area contributed by atoms with Crippen LogP contribution in [0.5, 0.6) is 0 Å². The normalized spacial score (nSPS) is 19.0. The van der Waals surface area contributed by atoms with Gasteiger partial charge in [0.2, 0.25) is 0 Å². The minimum atomic E-state index is -0.217. The number of aryl methyl sites for hydroxylation is 1. The van der Waals surface area contributed by atoms with Crippen LogP contribution in [0.2, 0.25) is 5.02 Å². The molecule has 2 N–H and O–H groups in total. The van der Waals surface area contributed by atoms with E-state index in [9.17, 15) is 4.79 Å². The Labute approximate surface area is 202 Å². The smallest absolute Gasteiger partial charge is 0.270 e. The first-order chi connectivity index (χ1) is 15.0. The number of hydrogen-bond donors (Lipinski definition) is 1. The van der Waals surface area contributed by atoms with E-state index < -0.39 is 0 Å². The summed E-state index contributed by atoms with van der Waals surface area (Å²) in [5, 5.41) is 0.914. The van der Waals surface area contributed by atoms with Gasteiger partial charge in [0, 0.05) is 37.3 Å². The Morgan fingerprint density at radius 1 is 1.16 bits per heavy atom. The minimum Gasteiger partial charge on any atom is -0.355 e. The maximum absolute atomic E-state index is 12.0. The molecule has 1 saturated heterocycles. The van der Waals surface area contributed by atoms with Crippen molar-refractivity contribution in [3.63, 3.8) is 0 Å². The number of fused-ring (bicyclic) bond motifs is 1. The van der Waals surface area contributed by atoms with Crippen LogP contribution in [0.3, 0.4) is 0 Å². The fraction of sp³-hybridized carbons (Fsp3) is 0.348. The van der Waals surface area contributed by atoms with Crippen LogP contribution in [0.25, 0.3) is 0 Å². The van der Waals surface area contributed by atoms with Gasteiger partial charge in [-0.3, -0.25) is 4.79 Å². The van der Waals surface area contributed by atoms with E-state index in [1.54, 1.807) is 25.6 Å². The SMILES string of the molecule is Cl.Cn1ccc(Sc2cnc(N3CCC4(CC3)Cc3ccccc3[C@H]4N)cn2)c(Cl)c1=O. The topological polar surface area (TPSA) is 77.0 Å². The van der Waals surface area contributed by atoms with Crippen LogP contribution < -0.4 is 16.2 Å². The molecule has 3 aromatic rings. The Morgan fingerprint density at radius 2 is 1.91 bits per heavy atom. The Bertz CT molecular complexity index is 1180. The van der Waals surface area contributed by atoms with Crippen molar-refractivity contribution >= 4 is 41.6 Å². The summed E-state index contributed by atoms with van der Waals surface area (Å²) >= 11 is 7.53.